The summed E-state index contributed by atoms with van der Waals surface area (Å²) in [7, 11) is 1.59. The molecule has 160 valence electrons. The number of imide groups is 1. The molecule has 12 heteroatoms. The van der Waals surface area contributed by atoms with E-state index in [-0.39, 0.29) is 13.1 Å². The summed E-state index contributed by atoms with van der Waals surface area (Å²) < 4.78 is 0. The second kappa shape index (κ2) is 7.69. The molecule has 0 aromatic heterocycles. The van der Waals surface area contributed by atoms with E-state index >= 15 is 0 Å². The summed E-state index contributed by atoms with van der Waals surface area (Å²) in [6.07, 6.45) is -1.24. The van der Waals surface area contributed by atoms with Crippen LogP contribution in [0.4, 0.5) is 4.79 Å². The molecule has 3 aliphatic rings. The number of nitrogens with zero attached hydrogens (tertiary/aromatic N) is 5. The molecule has 3 amide bonds. The largest absolute Gasteiger partial charge is 0.480 e. The number of aliphatic carboxylic acids is 1. The standard InChI is InChI=1S/C18H20Cl2N6O4/c1-9-6-24-14-15(21-17(24)26(22-9)8-13(27)28)23(2)18(30)25(16(14)29)7-10-11(19)4-3-5-12(10)20/h3-5,14-15,17,21H,6-8H2,1-2H3,(H,27,28). The van der Waals surface area contributed by atoms with Gasteiger partial charge in [0.25, 0.3) is 5.91 Å². The lowest BCUT2D eigenvalue weighted by atomic mass is 10.1. The number of hydrazone groups is 1. The van der Waals surface area contributed by atoms with Crippen molar-refractivity contribution < 1.29 is 19.5 Å². The van der Waals surface area contributed by atoms with Crippen molar-refractivity contribution in [2.75, 3.05) is 20.1 Å². The summed E-state index contributed by atoms with van der Waals surface area (Å²) in [5, 5.41) is 18.8. The molecule has 4 rings (SSSR count). The van der Waals surface area contributed by atoms with Crippen molar-refractivity contribution in [3.05, 3.63) is 33.8 Å². The van der Waals surface area contributed by atoms with Crippen molar-refractivity contribution in [2.24, 2.45) is 5.10 Å². The van der Waals surface area contributed by atoms with Crippen molar-refractivity contribution in [2.45, 2.75) is 32.0 Å². The molecule has 3 aliphatic heterocycles. The predicted molar refractivity (Wildman–Crippen MR) is 109 cm³/mol. The van der Waals surface area contributed by atoms with Gasteiger partial charge >= 0.3 is 12.0 Å². The smallest absolute Gasteiger partial charge is 0.328 e. The van der Waals surface area contributed by atoms with Gasteiger partial charge in [-0.1, -0.05) is 29.3 Å². The van der Waals surface area contributed by atoms with Crippen molar-refractivity contribution in [3.63, 3.8) is 0 Å². The second-order valence-corrected chi connectivity index (χ2v) is 8.26. The molecule has 1 aromatic carbocycles. The lowest BCUT2D eigenvalue weighted by molar-refractivity contribution is -0.141. The molecule has 2 saturated heterocycles. The number of hydrogen-bond donors (Lipinski definition) is 2. The van der Waals surface area contributed by atoms with Crippen molar-refractivity contribution in [1.29, 1.82) is 0 Å². The number of halogens is 2. The van der Waals surface area contributed by atoms with Crippen LogP contribution in [-0.2, 0) is 16.1 Å². The summed E-state index contributed by atoms with van der Waals surface area (Å²) in [6.45, 7) is 1.73. The number of urea groups is 1. The van der Waals surface area contributed by atoms with E-state index in [1.807, 2.05) is 4.90 Å². The van der Waals surface area contributed by atoms with Crippen LogP contribution in [0.1, 0.15) is 12.5 Å². The minimum absolute atomic E-state index is 0.0614. The third kappa shape index (κ3) is 3.39. The molecular weight excluding hydrogens is 435 g/mol. The first kappa shape index (κ1) is 20.9. The van der Waals surface area contributed by atoms with Crippen LogP contribution in [0.2, 0.25) is 10.0 Å². The first-order valence-corrected chi connectivity index (χ1v) is 10.00. The maximum absolute atomic E-state index is 13.4. The van der Waals surface area contributed by atoms with E-state index in [9.17, 15) is 19.5 Å². The third-order valence-corrected chi connectivity index (χ3v) is 6.14. The number of carbonyl (C=O) groups is 3. The van der Waals surface area contributed by atoms with Gasteiger partial charge < -0.3 is 10.0 Å². The molecule has 0 radical (unpaired) electrons. The topological polar surface area (TPSA) is 109 Å². The van der Waals surface area contributed by atoms with Crippen LogP contribution in [0, 0.1) is 0 Å². The summed E-state index contributed by atoms with van der Waals surface area (Å²) in [5.74, 6) is -1.45. The average Bonchev–Trinajstić information content (AvgIpc) is 3.05. The zero-order chi connectivity index (χ0) is 21.7. The van der Waals surface area contributed by atoms with Crippen LogP contribution in [0.3, 0.4) is 0 Å². The number of rotatable bonds is 4. The first-order chi connectivity index (χ1) is 14.2. The van der Waals surface area contributed by atoms with Crippen molar-refractivity contribution in [3.8, 4) is 0 Å². The lowest BCUT2D eigenvalue weighted by Crippen LogP contribution is -2.66. The zero-order valence-corrected chi connectivity index (χ0v) is 17.8. The molecule has 3 heterocycles. The van der Waals surface area contributed by atoms with E-state index in [2.05, 4.69) is 10.4 Å². The highest BCUT2D eigenvalue weighted by atomic mass is 35.5. The molecule has 0 saturated carbocycles. The number of benzene rings is 1. The zero-order valence-electron chi connectivity index (χ0n) is 16.2. The number of carboxylic acid groups (broad SMARTS) is 1. The molecule has 1 aromatic rings. The van der Waals surface area contributed by atoms with E-state index in [4.69, 9.17) is 23.2 Å². The number of carboxylic acids is 1. The van der Waals surface area contributed by atoms with E-state index in [1.54, 1.807) is 32.2 Å². The summed E-state index contributed by atoms with van der Waals surface area (Å²) in [4.78, 5) is 42.0. The fraction of sp³-hybridized carbons (Fsp3) is 0.444. The van der Waals surface area contributed by atoms with Crippen LogP contribution >= 0.6 is 23.2 Å². The van der Waals surface area contributed by atoms with E-state index in [0.717, 1.165) is 4.90 Å². The van der Waals surface area contributed by atoms with Crippen molar-refractivity contribution in [1.82, 2.24) is 25.0 Å². The quantitative estimate of drug-likeness (QED) is 0.699. The molecule has 3 unspecified atom stereocenters. The maximum Gasteiger partial charge on any atom is 0.328 e. The SMILES string of the molecule is CC1=NN(CC(=O)O)C2NC3C(C(=O)N(Cc4c(Cl)cccc4Cl)C(=O)N3C)N2C1. The summed E-state index contributed by atoms with van der Waals surface area (Å²) in [6, 6.07) is 3.78. The monoisotopic (exact) mass is 454 g/mol. The van der Waals surface area contributed by atoms with Crippen LogP contribution in [0.15, 0.2) is 23.3 Å². The highest BCUT2D eigenvalue weighted by Crippen LogP contribution is 2.33. The number of amides is 3. The summed E-state index contributed by atoms with van der Waals surface area (Å²) >= 11 is 12.5. The molecule has 2 fully saturated rings. The van der Waals surface area contributed by atoms with Crippen LogP contribution in [-0.4, -0.2) is 87.1 Å². The Bertz CT molecular complexity index is 936. The highest BCUT2D eigenvalue weighted by molar-refractivity contribution is 6.36. The molecule has 30 heavy (non-hydrogen) atoms. The predicted octanol–water partition coefficient (Wildman–Crippen LogP) is 1.05. The Morgan fingerprint density at radius 1 is 1.30 bits per heavy atom. The molecule has 0 aliphatic carbocycles. The third-order valence-electron chi connectivity index (χ3n) is 5.43. The molecule has 0 bridgehead atoms. The first-order valence-electron chi connectivity index (χ1n) is 9.24. The van der Waals surface area contributed by atoms with Gasteiger partial charge in [0.1, 0.15) is 18.8 Å². The van der Waals surface area contributed by atoms with Crippen molar-refractivity contribution >= 4 is 46.8 Å². The molecule has 0 spiro atoms. The fourth-order valence-electron chi connectivity index (χ4n) is 4.10. The Morgan fingerprint density at radius 2 is 1.97 bits per heavy atom. The van der Waals surface area contributed by atoms with E-state index in [0.29, 0.717) is 27.9 Å². The normalized spacial score (nSPS) is 26.6. The van der Waals surface area contributed by atoms with E-state index in [1.165, 1.54) is 9.91 Å². The van der Waals surface area contributed by atoms with Gasteiger partial charge in [-0.3, -0.25) is 24.8 Å². The van der Waals surface area contributed by atoms with Gasteiger partial charge in [-0.15, -0.1) is 0 Å². The average molecular weight is 455 g/mol. The lowest BCUT2D eigenvalue weighted by Gasteiger charge is -2.42. The molecule has 3 atom stereocenters. The number of carbonyl (C=O) groups excluding carboxylic acids is 2. The Hall–Kier alpha value is -2.40. The van der Waals surface area contributed by atoms with Crippen LogP contribution in [0.25, 0.3) is 0 Å². The number of nitrogens with one attached hydrogen (secondary N) is 1. The Labute approximate surface area is 182 Å². The minimum atomic E-state index is -1.05. The number of fused-ring (bicyclic) bond motifs is 3. The van der Waals surface area contributed by atoms with Gasteiger partial charge in [0.2, 0.25) is 0 Å². The van der Waals surface area contributed by atoms with Gasteiger partial charge in [-0.25, -0.2) is 9.69 Å². The van der Waals surface area contributed by atoms with E-state index < -0.39 is 36.4 Å². The molecule has 2 N–H and O–H groups in total. The Morgan fingerprint density at radius 3 is 2.60 bits per heavy atom. The van der Waals surface area contributed by atoms with Gasteiger partial charge in [0.05, 0.1) is 6.54 Å². The minimum Gasteiger partial charge on any atom is -0.480 e. The van der Waals surface area contributed by atoms with Gasteiger partial charge in [0, 0.05) is 34.9 Å². The van der Waals surface area contributed by atoms with Gasteiger partial charge in [-0.05, 0) is 19.1 Å². The fourth-order valence-corrected chi connectivity index (χ4v) is 4.61. The number of hydrogen-bond acceptors (Lipinski definition) is 7. The Kier molecular flexibility index (Phi) is 5.35. The second-order valence-electron chi connectivity index (χ2n) is 7.45. The maximum atomic E-state index is 13.4. The van der Waals surface area contributed by atoms with Gasteiger partial charge in [-0.2, -0.15) is 5.10 Å². The van der Waals surface area contributed by atoms with Crippen LogP contribution in [0.5, 0.6) is 0 Å². The summed E-state index contributed by atoms with van der Waals surface area (Å²) in [5.41, 5.74) is 1.16. The molecule has 10 nitrogen and oxygen atoms in total. The highest BCUT2D eigenvalue weighted by Gasteiger charge is 2.56. The molecular formula is C18H20Cl2N6O4. The van der Waals surface area contributed by atoms with Crippen LogP contribution < -0.4 is 5.32 Å². The number of likely N-dealkylation sites (N-methyl/N-ethyl adjacent to an activating group) is 1. The Balaban J connectivity index is 1.66. The van der Waals surface area contributed by atoms with Gasteiger partial charge in [0.15, 0.2) is 6.29 Å².